The fourth-order valence-electron chi connectivity index (χ4n) is 2.01. The molecule has 0 amide bonds. The minimum absolute atomic E-state index is 0.108. The van der Waals surface area contributed by atoms with Crippen LogP contribution in [-0.4, -0.2) is 13.5 Å². The van der Waals surface area contributed by atoms with Gasteiger partial charge in [-0.15, -0.1) is 13.2 Å². The Morgan fingerprint density at radius 3 is 2.43 bits per heavy atom. The van der Waals surface area contributed by atoms with Gasteiger partial charge >= 0.3 is 6.36 Å². The smallest absolute Gasteiger partial charge is 0.496 e. The van der Waals surface area contributed by atoms with Crippen molar-refractivity contribution in [2.75, 3.05) is 7.11 Å². The summed E-state index contributed by atoms with van der Waals surface area (Å²) in [4.78, 5) is 0. The maximum absolute atomic E-state index is 12.4. The summed E-state index contributed by atoms with van der Waals surface area (Å²) in [6.45, 7) is 0.108. The number of methoxy groups -OCH3 is 1. The standard InChI is InChI=1S/C15H14F3NO2/c1-20-14-5-3-2-4-13(14)11-6-10(9-19)7-12(8-11)21-15(16,17)18/h2-8H,9,19H2,1H3. The van der Waals surface area contributed by atoms with Crippen LogP contribution in [0.25, 0.3) is 11.1 Å². The van der Waals surface area contributed by atoms with E-state index in [-0.39, 0.29) is 12.3 Å². The van der Waals surface area contributed by atoms with Crippen molar-refractivity contribution in [1.29, 1.82) is 0 Å². The number of nitrogens with two attached hydrogens (primary N) is 1. The fraction of sp³-hybridized carbons (Fsp3) is 0.200. The zero-order valence-electron chi connectivity index (χ0n) is 11.3. The Hall–Kier alpha value is -2.21. The van der Waals surface area contributed by atoms with Crippen LogP contribution in [-0.2, 0) is 6.54 Å². The predicted octanol–water partition coefficient (Wildman–Crippen LogP) is 3.72. The molecule has 2 N–H and O–H groups in total. The molecule has 0 aromatic heterocycles. The van der Waals surface area contributed by atoms with Gasteiger partial charge in [-0.1, -0.05) is 18.2 Å². The highest BCUT2D eigenvalue weighted by Crippen LogP contribution is 2.34. The summed E-state index contributed by atoms with van der Waals surface area (Å²) >= 11 is 0. The Labute approximate surface area is 120 Å². The molecular formula is C15H14F3NO2. The quantitative estimate of drug-likeness (QED) is 0.935. The molecule has 0 aliphatic carbocycles. The van der Waals surface area contributed by atoms with Crippen LogP contribution in [0.5, 0.6) is 11.5 Å². The molecule has 0 aliphatic rings. The van der Waals surface area contributed by atoms with E-state index in [1.165, 1.54) is 19.2 Å². The average Bonchev–Trinajstić information content (AvgIpc) is 2.45. The first-order valence-electron chi connectivity index (χ1n) is 6.16. The highest BCUT2D eigenvalue weighted by molar-refractivity contribution is 5.72. The van der Waals surface area contributed by atoms with Crippen LogP contribution < -0.4 is 15.2 Å². The average molecular weight is 297 g/mol. The molecule has 0 heterocycles. The van der Waals surface area contributed by atoms with Crippen LogP contribution in [0.1, 0.15) is 5.56 Å². The minimum Gasteiger partial charge on any atom is -0.496 e. The molecule has 0 atom stereocenters. The number of hydrogen-bond donors (Lipinski definition) is 1. The van der Waals surface area contributed by atoms with E-state index in [1.54, 1.807) is 30.3 Å². The zero-order valence-corrected chi connectivity index (χ0v) is 11.3. The Kier molecular flexibility index (Phi) is 4.37. The van der Waals surface area contributed by atoms with Gasteiger partial charge in [0.05, 0.1) is 7.11 Å². The number of para-hydroxylation sites is 1. The molecule has 3 nitrogen and oxygen atoms in total. The summed E-state index contributed by atoms with van der Waals surface area (Å²) in [6.07, 6.45) is -4.74. The molecule has 0 saturated heterocycles. The highest BCUT2D eigenvalue weighted by Gasteiger charge is 2.31. The van der Waals surface area contributed by atoms with E-state index in [0.717, 1.165) is 0 Å². The second-order valence-corrected chi connectivity index (χ2v) is 4.32. The number of hydrogen-bond acceptors (Lipinski definition) is 3. The van der Waals surface area contributed by atoms with E-state index < -0.39 is 6.36 Å². The maximum atomic E-state index is 12.4. The van der Waals surface area contributed by atoms with Gasteiger partial charge in [0.1, 0.15) is 11.5 Å². The molecule has 0 fully saturated rings. The minimum atomic E-state index is -4.74. The lowest BCUT2D eigenvalue weighted by atomic mass is 10.0. The number of alkyl halides is 3. The summed E-state index contributed by atoms with van der Waals surface area (Å²) in [6, 6.07) is 11.3. The van der Waals surface area contributed by atoms with Crippen LogP contribution in [0.2, 0.25) is 0 Å². The SMILES string of the molecule is COc1ccccc1-c1cc(CN)cc(OC(F)(F)F)c1. The lowest BCUT2D eigenvalue weighted by molar-refractivity contribution is -0.274. The van der Waals surface area contributed by atoms with Gasteiger partial charge in [-0.05, 0) is 35.4 Å². The van der Waals surface area contributed by atoms with Gasteiger partial charge in [0, 0.05) is 12.1 Å². The van der Waals surface area contributed by atoms with E-state index in [9.17, 15) is 13.2 Å². The molecule has 0 saturated carbocycles. The van der Waals surface area contributed by atoms with Crippen molar-refractivity contribution in [2.24, 2.45) is 5.73 Å². The summed E-state index contributed by atoms with van der Waals surface area (Å²) in [5.74, 6) is 0.260. The summed E-state index contributed by atoms with van der Waals surface area (Å²) in [5.41, 5.74) is 7.29. The number of benzene rings is 2. The topological polar surface area (TPSA) is 44.5 Å². The monoisotopic (exact) mass is 297 g/mol. The van der Waals surface area contributed by atoms with Gasteiger partial charge in [0.25, 0.3) is 0 Å². The number of rotatable bonds is 4. The molecule has 0 unspecified atom stereocenters. The van der Waals surface area contributed by atoms with Crippen molar-refractivity contribution in [3.63, 3.8) is 0 Å². The third kappa shape index (κ3) is 3.88. The highest BCUT2D eigenvalue weighted by atomic mass is 19.4. The Morgan fingerprint density at radius 1 is 1.10 bits per heavy atom. The van der Waals surface area contributed by atoms with Crippen LogP contribution >= 0.6 is 0 Å². The lowest BCUT2D eigenvalue weighted by Crippen LogP contribution is -2.17. The molecule has 0 spiro atoms. The molecule has 21 heavy (non-hydrogen) atoms. The van der Waals surface area contributed by atoms with E-state index >= 15 is 0 Å². The maximum Gasteiger partial charge on any atom is 0.573 e. The fourth-order valence-corrected chi connectivity index (χ4v) is 2.01. The summed E-state index contributed by atoms with van der Waals surface area (Å²) < 4.78 is 46.3. The molecule has 0 radical (unpaired) electrons. The molecule has 2 rings (SSSR count). The molecule has 0 aliphatic heterocycles. The number of ether oxygens (including phenoxy) is 2. The molecule has 2 aromatic rings. The number of halogens is 3. The zero-order chi connectivity index (χ0) is 15.5. The van der Waals surface area contributed by atoms with Crippen LogP contribution in [0.3, 0.4) is 0 Å². The lowest BCUT2D eigenvalue weighted by Gasteiger charge is -2.14. The Morgan fingerprint density at radius 2 is 1.81 bits per heavy atom. The normalized spacial score (nSPS) is 11.3. The first kappa shape index (κ1) is 15.2. The Bertz CT molecular complexity index is 627. The second-order valence-electron chi connectivity index (χ2n) is 4.32. The van der Waals surface area contributed by atoms with Gasteiger partial charge in [0.2, 0.25) is 0 Å². The first-order valence-corrected chi connectivity index (χ1v) is 6.16. The largest absolute Gasteiger partial charge is 0.573 e. The third-order valence-electron chi connectivity index (χ3n) is 2.85. The van der Waals surface area contributed by atoms with Crippen LogP contribution in [0.4, 0.5) is 13.2 Å². The second kappa shape index (κ2) is 6.05. The van der Waals surface area contributed by atoms with Crippen LogP contribution in [0, 0.1) is 0 Å². The van der Waals surface area contributed by atoms with Crippen molar-refractivity contribution in [3.05, 3.63) is 48.0 Å². The summed E-state index contributed by atoms with van der Waals surface area (Å²) in [5, 5.41) is 0. The van der Waals surface area contributed by atoms with Gasteiger partial charge in [-0.3, -0.25) is 0 Å². The van der Waals surface area contributed by atoms with E-state index in [2.05, 4.69) is 4.74 Å². The van der Waals surface area contributed by atoms with E-state index in [1.807, 2.05) is 0 Å². The van der Waals surface area contributed by atoms with Crippen molar-refractivity contribution < 1.29 is 22.6 Å². The molecule has 2 aromatic carbocycles. The molecule has 112 valence electrons. The molecule has 0 bridgehead atoms. The first-order chi connectivity index (χ1) is 9.93. The van der Waals surface area contributed by atoms with Gasteiger partial charge in [-0.2, -0.15) is 0 Å². The van der Waals surface area contributed by atoms with Crippen molar-refractivity contribution in [3.8, 4) is 22.6 Å². The molecule has 6 heteroatoms. The molecular weight excluding hydrogens is 283 g/mol. The van der Waals surface area contributed by atoms with Gasteiger partial charge in [-0.25, -0.2) is 0 Å². The van der Waals surface area contributed by atoms with E-state index in [0.29, 0.717) is 22.4 Å². The van der Waals surface area contributed by atoms with Crippen LogP contribution in [0.15, 0.2) is 42.5 Å². The van der Waals surface area contributed by atoms with Crippen molar-refractivity contribution >= 4 is 0 Å². The summed E-state index contributed by atoms with van der Waals surface area (Å²) in [7, 11) is 1.50. The Balaban J connectivity index is 2.50. The van der Waals surface area contributed by atoms with Gasteiger partial charge in [0.15, 0.2) is 0 Å². The van der Waals surface area contributed by atoms with E-state index in [4.69, 9.17) is 10.5 Å². The van der Waals surface area contributed by atoms with Crippen molar-refractivity contribution in [2.45, 2.75) is 12.9 Å². The third-order valence-corrected chi connectivity index (χ3v) is 2.85. The predicted molar refractivity (Wildman–Crippen MR) is 73.0 cm³/mol. The van der Waals surface area contributed by atoms with Gasteiger partial charge < -0.3 is 15.2 Å². The van der Waals surface area contributed by atoms with Crippen molar-refractivity contribution in [1.82, 2.24) is 0 Å².